The molecule has 0 saturated heterocycles. The van der Waals surface area contributed by atoms with E-state index in [4.69, 9.17) is 24.9 Å². The first kappa shape index (κ1) is 58.8. The van der Waals surface area contributed by atoms with Crippen molar-refractivity contribution in [3.05, 3.63) is 340 Å². The van der Waals surface area contributed by atoms with Gasteiger partial charge in [0.1, 0.15) is 16.3 Å². The van der Waals surface area contributed by atoms with Crippen LogP contribution in [0.15, 0.2) is 340 Å². The van der Waals surface area contributed by atoms with Gasteiger partial charge in [-0.3, -0.25) is 17.9 Å². The number of para-hydroxylation sites is 7. The van der Waals surface area contributed by atoms with Gasteiger partial charge in [0.15, 0.2) is 7.14 Å². The molecule has 12 heteroatoms. The molecule has 0 aliphatic heterocycles. The summed E-state index contributed by atoms with van der Waals surface area (Å²) in [6.07, 6.45) is 0. The fourth-order valence-corrected chi connectivity index (χ4v) is 19.3. The molecule has 0 atom stereocenters. The van der Waals surface area contributed by atoms with Gasteiger partial charge < -0.3 is 4.57 Å². The summed E-state index contributed by atoms with van der Waals surface area (Å²) < 4.78 is 25.3. The number of hydrogen-bond donors (Lipinski definition) is 0. The predicted molar refractivity (Wildman–Crippen MR) is 429 cm³/mol. The molecule has 7 heterocycles. The summed E-state index contributed by atoms with van der Waals surface area (Å²) in [7, 11) is -3.09. The van der Waals surface area contributed by atoms with Crippen molar-refractivity contribution in [3.63, 3.8) is 0 Å². The van der Waals surface area contributed by atoms with Crippen molar-refractivity contribution in [2.24, 2.45) is 0 Å². The van der Waals surface area contributed by atoms with Crippen LogP contribution in [0, 0.1) is 0 Å². The Balaban J connectivity index is 0.000000134. The van der Waals surface area contributed by atoms with Crippen molar-refractivity contribution in [2.75, 3.05) is 0 Å². The minimum atomic E-state index is -3.09. The Kier molecular flexibility index (Phi) is 13.2. The second-order valence-corrected chi connectivity index (χ2v) is 30.1. The molecule has 7 aromatic heterocycles. The highest BCUT2D eigenvalue weighted by atomic mass is 32.1. The Morgan fingerprint density at radius 2 is 0.641 bits per heavy atom. The van der Waals surface area contributed by atoms with E-state index in [-0.39, 0.29) is 0 Å². The van der Waals surface area contributed by atoms with Gasteiger partial charge in [0.25, 0.3) is 0 Å². The molecule has 0 saturated carbocycles. The summed E-state index contributed by atoms with van der Waals surface area (Å²) in [5.41, 5.74) is 18.5. The summed E-state index contributed by atoms with van der Waals surface area (Å²) in [5, 5.41) is 15.1. The monoisotopic (exact) mass is 1350 g/mol. The van der Waals surface area contributed by atoms with Crippen molar-refractivity contribution < 1.29 is 4.57 Å². The standard InChI is InChI=1S/C48H31N4OP.C43H25N5S/c53-54(35-14-3-1-4-15-35,36-16-5-2-6-17-36)37-27-23-32(24-28-37)34-26-29-43-40(31-34)46-38-18-8-7-13-33(38)25-30-45(46)51(43)48-50-41-20-10-9-19-39(41)47-49-42-21-11-12-22-44(42)52(47)48;1-2-10-30-27(9-1)21-24-38-40(30)32-25-29(26-17-19-28(20-18-26)42-45-35-14-6-8-16-39(35)49-42)22-23-36(32)47(38)43-46-33-12-4-3-11-31(33)41-44-34-13-5-7-15-37(34)48(41)43/h1-31H;1-25H. The van der Waals surface area contributed by atoms with Crippen molar-refractivity contribution in [1.29, 1.82) is 0 Å². The van der Waals surface area contributed by atoms with Crippen molar-refractivity contribution in [3.8, 4) is 44.7 Å². The average molecular weight is 1350 g/mol. The smallest absolute Gasteiger partial charge is 0.221 e. The summed E-state index contributed by atoms with van der Waals surface area (Å²) in [4.78, 5) is 25.9. The second-order valence-electron chi connectivity index (χ2n) is 26.3. The van der Waals surface area contributed by atoms with Crippen molar-refractivity contribution in [2.45, 2.75) is 0 Å². The van der Waals surface area contributed by atoms with E-state index >= 15 is 4.57 Å². The number of aromatic nitrogens is 9. The van der Waals surface area contributed by atoms with Crippen molar-refractivity contribution >= 4 is 165 Å². The van der Waals surface area contributed by atoms with E-state index < -0.39 is 7.14 Å². The quantitative estimate of drug-likeness (QED) is 0.141. The van der Waals surface area contributed by atoms with Crippen LogP contribution in [-0.4, -0.2) is 42.9 Å². The van der Waals surface area contributed by atoms with Crippen LogP contribution in [0.1, 0.15) is 0 Å². The van der Waals surface area contributed by atoms with Crippen LogP contribution in [0.3, 0.4) is 0 Å². The lowest BCUT2D eigenvalue weighted by Gasteiger charge is -2.20. The lowest BCUT2D eigenvalue weighted by molar-refractivity contribution is 0.592. The molecule has 0 N–H and O–H groups in total. The van der Waals surface area contributed by atoms with Crippen LogP contribution < -0.4 is 15.9 Å². The van der Waals surface area contributed by atoms with Crippen LogP contribution in [0.25, 0.3) is 175 Å². The second kappa shape index (κ2) is 23.2. The number of nitrogens with zero attached hydrogens (tertiary/aromatic N) is 9. The summed E-state index contributed by atoms with van der Waals surface area (Å²) in [5.74, 6) is 1.62. The average Bonchev–Trinajstić information content (AvgIpc) is 1.56. The van der Waals surface area contributed by atoms with Gasteiger partial charge in [0, 0.05) is 53.8 Å². The molecular formula is C91H56N9OPS. The molecule has 482 valence electrons. The maximum absolute atomic E-state index is 15.1. The minimum absolute atomic E-state index is 0.794. The lowest BCUT2D eigenvalue weighted by atomic mass is 9.99. The van der Waals surface area contributed by atoms with Crippen LogP contribution in [0.2, 0.25) is 0 Å². The van der Waals surface area contributed by atoms with Crippen LogP contribution >= 0.6 is 18.5 Å². The van der Waals surface area contributed by atoms with Gasteiger partial charge in [-0.05, 0) is 141 Å². The molecule has 0 spiro atoms. The van der Waals surface area contributed by atoms with Crippen LogP contribution in [-0.2, 0) is 4.57 Å². The Morgan fingerprint density at radius 1 is 0.262 bits per heavy atom. The van der Waals surface area contributed by atoms with Crippen LogP contribution in [0.5, 0.6) is 0 Å². The first-order chi connectivity index (χ1) is 50.9. The van der Waals surface area contributed by atoms with Gasteiger partial charge in [0.05, 0.1) is 65.4 Å². The molecule has 0 bridgehead atoms. The summed E-state index contributed by atoms with van der Waals surface area (Å²) in [6.45, 7) is 0. The molecule has 0 unspecified atom stereocenters. The van der Waals surface area contributed by atoms with Gasteiger partial charge >= 0.3 is 0 Å². The minimum Gasteiger partial charge on any atom is -0.309 e. The summed E-state index contributed by atoms with van der Waals surface area (Å²) in [6, 6.07) is 118. The SMILES string of the molecule is O=P(c1ccccc1)(c1ccccc1)c1ccc(-c2ccc3c(c2)c2c4ccccc4ccc2n3-c2nc3ccccc3c3nc4ccccc4n23)cc1.c1ccc2c(c1)ccc1c2c2cc(-c3ccc(-c4nc5ccccc5s4)cc3)ccc2n1-c1nc2ccccc2c2nc3ccccc3n12. The molecule has 0 amide bonds. The van der Waals surface area contributed by atoms with E-state index in [1.54, 1.807) is 11.3 Å². The third kappa shape index (κ3) is 9.20. The number of fused-ring (bicyclic) bond motifs is 21. The van der Waals surface area contributed by atoms with E-state index in [9.17, 15) is 0 Å². The normalized spacial score (nSPS) is 12.1. The van der Waals surface area contributed by atoms with E-state index in [0.717, 1.165) is 138 Å². The lowest BCUT2D eigenvalue weighted by Crippen LogP contribution is -2.24. The maximum atomic E-state index is 15.1. The number of thiazole rings is 1. The molecule has 10 nitrogen and oxygen atoms in total. The fraction of sp³-hybridized carbons (Fsp3) is 0. The van der Waals surface area contributed by atoms with Crippen molar-refractivity contribution in [1.82, 2.24) is 42.9 Å². The number of imidazole rings is 2. The first-order valence-electron chi connectivity index (χ1n) is 34.5. The third-order valence-corrected chi connectivity index (χ3v) is 24.7. The molecule has 103 heavy (non-hydrogen) atoms. The molecule has 22 rings (SSSR count). The Labute approximate surface area is 592 Å². The van der Waals surface area contributed by atoms with E-state index in [1.807, 2.05) is 109 Å². The topological polar surface area (TPSA) is 100 Å². The van der Waals surface area contributed by atoms with Gasteiger partial charge in [-0.2, -0.15) is 0 Å². The molecule has 15 aromatic carbocycles. The third-order valence-electron chi connectivity index (χ3n) is 20.5. The summed E-state index contributed by atoms with van der Waals surface area (Å²) >= 11 is 1.73. The zero-order valence-electron chi connectivity index (χ0n) is 55.1. The Morgan fingerprint density at radius 3 is 1.14 bits per heavy atom. The molecule has 22 aromatic rings. The zero-order valence-corrected chi connectivity index (χ0v) is 56.8. The number of benzene rings is 15. The zero-order chi connectivity index (χ0) is 67.9. The van der Waals surface area contributed by atoms with Gasteiger partial charge in [0.2, 0.25) is 11.9 Å². The highest BCUT2D eigenvalue weighted by Gasteiger charge is 2.30. The van der Waals surface area contributed by atoms with E-state index in [2.05, 4.69) is 248 Å². The Bertz CT molecular complexity index is 7200. The van der Waals surface area contributed by atoms with Crippen LogP contribution in [0.4, 0.5) is 0 Å². The first-order valence-corrected chi connectivity index (χ1v) is 37.0. The highest BCUT2D eigenvalue weighted by molar-refractivity contribution is 7.85. The Hall–Kier alpha value is -13.2. The highest BCUT2D eigenvalue weighted by Crippen LogP contribution is 2.46. The largest absolute Gasteiger partial charge is 0.309 e. The number of rotatable bonds is 8. The van der Waals surface area contributed by atoms with Gasteiger partial charge in [-0.25, -0.2) is 24.9 Å². The molecule has 0 aliphatic rings. The molecule has 0 radical (unpaired) electrons. The fourth-order valence-electron chi connectivity index (χ4n) is 15.7. The molecule has 0 aliphatic carbocycles. The van der Waals surface area contributed by atoms with E-state index in [1.165, 1.54) is 53.5 Å². The maximum Gasteiger partial charge on any atom is 0.221 e. The van der Waals surface area contributed by atoms with E-state index in [0.29, 0.717) is 0 Å². The molecular weight excluding hydrogens is 1300 g/mol. The van der Waals surface area contributed by atoms with Gasteiger partial charge in [-0.15, -0.1) is 11.3 Å². The predicted octanol–water partition coefficient (Wildman–Crippen LogP) is 21.8. The number of hydrogen-bond acceptors (Lipinski definition) is 7. The molecule has 0 fully saturated rings. The van der Waals surface area contributed by atoms with Gasteiger partial charge in [-0.1, -0.05) is 243 Å².